The molecule has 1 fully saturated rings. The van der Waals surface area contributed by atoms with Crippen LogP contribution in [0.1, 0.15) is 37.4 Å². The molecule has 0 aliphatic heterocycles. The molecule has 1 aromatic heterocycles. The zero-order valence-corrected chi connectivity index (χ0v) is 15.4. The molecule has 1 unspecified atom stereocenters. The third-order valence-electron chi connectivity index (χ3n) is 4.60. The summed E-state index contributed by atoms with van der Waals surface area (Å²) in [5.74, 6) is 0.693. The second-order valence-electron chi connectivity index (χ2n) is 6.59. The van der Waals surface area contributed by atoms with E-state index >= 15 is 0 Å². The number of thioether (sulfide) groups is 1. The molecule has 2 aromatic carbocycles. The van der Waals surface area contributed by atoms with Gasteiger partial charge in [-0.05, 0) is 36.1 Å². The summed E-state index contributed by atoms with van der Waals surface area (Å²) in [6.45, 7) is 2.01. The monoisotopic (exact) mass is 367 g/mol. The number of amides is 1. The van der Waals surface area contributed by atoms with Gasteiger partial charge >= 0.3 is 0 Å². The first-order valence-electron chi connectivity index (χ1n) is 8.73. The Hall–Kier alpha value is -2.54. The van der Waals surface area contributed by atoms with Crippen molar-refractivity contribution in [2.75, 3.05) is 11.5 Å². The SMILES string of the molecule is CC(NC(=O)CSc1nnc(N)n1C1CC1)c1cccc2ccccc12. The Labute approximate surface area is 156 Å². The van der Waals surface area contributed by atoms with Crippen LogP contribution in [0.5, 0.6) is 0 Å². The first-order chi connectivity index (χ1) is 12.6. The van der Waals surface area contributed by atoms with Gasteiger partial charge in [-0.15, -0.1) is 10.2 Å². The van der Waals surface area contributed by atoms with Gasteiger partial charge in [0.2, 0.25) is 11.9 Å². The number of carbonyl (C=O) groups excluding carboxylic acids is 1. The average molecular weight is 367 g/mol. The zero-order chi connectivity index (χ0) is 18.1. The Morgan fingerprint density at radius 3 is 2.85 bits per heavy atom. The minimum Gasteiger partial charge on any atom is -0.368 e. The number of nitrogen functional groups attached to an aromatic ring is 1. The second kappa shape index (κ2) is 6.99. The molecule has 1 heterocycles. The third kappa shape index (κ3) is 3.39. The number of nitrogens with zero attached hydrogens (tertiary/aromatic N) is 3. The molecule has 1 aliphatic rings. The summed E-state index contributed by atoms with van der Waals surface area (Å²) in [4.78, 5) is 12.4. The Kier molecular flexibility index (Phi) is 4.55. The molecule has 26 heavy (non-hydrogen) atoms. The minimum absolute atomic E-state index is 0.0284. The Morgan fingerprint density at radius 2 is 2.04 bits per heavy atom. The standard InChI is InChI=1S/C19H21N5OS/c1-12(15-8-4-6-13-5-2-3-7-16(13)15)21-17(25)11-26-19-23-22-18(20)24(19)14-9-10-14/h2-8,12,14H,9-11H2,1H3,(H2,20,22)(H,21,25). The summed E-state index contributed by atoms with van der Waals surface area (Å²) in [7, 11) is 0. The second-order valence-corrected chi connectivity index (χ2v) is 7.53. The third-order valence-corrected chi connectivity index (χ3v) is 5.55. The molecule has 1 aliphatic carbocycles. The molecule has 6 nitrogen and oxygen atoms in total. The lowest BCUT2D eigenvalue weighted by Crippen LogP contribution is -2.28. The molecule has 0 saturated heterocycles. The average Bonchev–Trinajstić information content (AvgIpc) is 3.42. The lowest BCUT2D eigenvalue weighted by Gasteiger charge is -2.16. The van der Waals surface area contributed by atoms with Crippen LogP contribution in [0, 0.1) is 0 Å². The van der Waals surface area contributed by atoms with Crippen molar-refractivity contribution in [1.29, 1.82) is 0 Å². The summed E-state index contributed by atoms with van der Waals surface area (Å²) in [6, 6.07) is 14.7. The van der Waals surface area contributed by atoms with Crippen LogP contribution in [-0.4, -0.2) is 26.4 Å². The van der Waals surface area contributed by atoms with E-state index < -0.39 is 0 Å². The Bertz CT molecular complexity index is 945. The van der Waals surface area contributed by atoms with E-state index in [9.17, 15) is 4.79 Å². The molecule has 0 bridgehead atoms. The smallest absolute Gasteiger partial charge is 0.230 e. The minimum atomic E-state index is -0.0689. The lowest BCUT2D eigenvalue weighted by atomic mass is 10.00. The van der Waals surface area contributed by atoms with E-state index in [1.54, 1.807) is 0 Å². The van der Waals surface area contributed by atoms with E-state index in [1.165, 1.54) is 17.1 Å². The van der Waals surface area contributed by atoms with Gasteiger partial charge in [-0.3, -0.25) is 9.36 Å². The van der Waals surface area contributed by atoms with Gasteiger partial charge in [0, 0.05) is 6.04 Å². The van der Waals surface area contributed by atoms with Crippen LogP contribution >= 0.6 is 11.8 Å². The molecule has 134 valence electrons. The number of hydrogen-bond donors (Lipinski definition) is 2. The predicted molar refractivity (Wildman–Crippen MR) is 104 cm³/mol. The van der Waals surface area contributed by atoms with Gasteiger partial charge in [-0.25, -0.2) is 0 Å². The lowest BCUT2D eigenvalue weighted by molar-refractivity contribution is -0.119. The fourth-order valence-corrected chi connectivity index (χ4v) is 4.01. The number of nitrogens with one attached hydrogen (secondary N) is 1. The zero-order valence-electron chi connectivity index (χ0n) is 14.6. The molecular weight excluding hydrogens is 346 g/mol. The highest BCUT2D eigenvalue weighted by atomic mass is 32.2. The normalized spacial score (nSPS) is 15.1. The van der Waals surface area contributed by atoms with Crippen molar-refractivity contribution in [2.45, 2.75) is 37.0 Å². The van der Waals surface area contributed by atoms with Gasteiger partial charge in [0.05, 0.1) is 11.8 Å². The highest BCUT2D eigenvalue weighted by Gasteiger charge is 2.29. The van der Waals surface area contributed by atoms with Crippen molar-refractivity contribution in [3.8, 4) is 0 Å². The van der Waals surface area contributed by atoms with E-state index in [2.05, 4.69) is 39.8 Å². The molecule has 0 spiro atoms. The van der Waals surface area contributed by atoms with Crippen LogP contribution in [0.4, 0.5) is 5.95 Å². The van der Waals surface area contributed by atoms with Gasteiger partial charge in [0.1, 0.15) is 0 Å². The number of hydrogen-bond acceptors (Lipinski definition) is 5. The molecular formula is C19H21N5OS. The maximum absolute atomic E-state index is 12.4. The maximum Gasteiger partial charge on any atom is 0.230 e. The van der Waals surface area contributed by atoms with Crippen LogP contribution in [-0.2, 0) is 4.79 Å². The summed E-state index contributed by atoms with van der Waals surface area (Å²) in [6.07, 6.45) is 2.19. The van der Waals surface area contributed by atoms with E-state index in [4.69, 9.17) is 5.73 Å². The number of carbonyl (C=O) groups is 1. The van der Waals surface area contributed by atoms with E-state index in [1.807, 2.05) is 29.7 Å². The van der Waals surface area contributed by atoms with Gasteiger partial charge in [0.15, 0.2) is 5.16 Å². The molecule has 1 amide bonds. The van der Waals surface area contributed by atoms with E-state index in [-0.39, 0.29) is 11.9 Å². The van der Waals surface area contributed by atoms with Crippen molar-refractivity contribution >= 4 is 34.4 Å². The number of aromatic nitrogens is 3. The molecule has 7 heteroatoms. The largest absolute Gasteiger partial charge is 0.368 e. The van der Waals surface area contributed by atoms with E-state index in [0.29, 0.717) is 17.7 Å². The highest BCUT2D eigenvalue weighted by Crippen LogP contribution is 2.39. The molecule has 4 rings (SSSR count). The summed E-state index contributed by atoms with van der Waals surface area (Å²) in [5, 5.41) is 14.2. The van der Waals surface area contributed by atoms with Crippen molar-refractivity contribution in [3.63, 3.8) is 0 Å². The fourth-order valence-electron chi connectivity index (χ4n) is 3.18. The van der Waals surface area contributed by atoms with Crippen LogP contribution in [0.15, 0.2) is 47.6 Å². The van der Waals surface area contributed by atoms with Gasteiger partial charge in [-0.2, -0.15) is 0 Å². The topological polar surface area (TPSA) is 85.8 Å². The van der Waals surface area contributed by atoms with E-state index in [0.717, 1.165) is 28.9 Å². The number of fused-ring (bicyclic) bond motifs is 1. The van der Waals surface area contributed by atoms with Crippen LogP contribution in [0.3, 0.4) is 0 Å². The van der Waals surface area contributed by atoms with Crippen molar-refractivity contribution in [2.24, 2.45) is 0 Å². The molecule has 1 atom stereocenters. The van der Waals surface area contributed by atoms with Crippen molar-refractivity contribution in [1.82, 2.24) is 20.1 Å². The first-order valence-corrected chi connectivity index (χ1v) is 9.72. The van der Waals surface area contributed by atoms with Gasteiger partial charge < -0.3 is 11.1 Å². The Balaban J connectivity index is 1.41. The highest BCUT2D eigenvalue weighted by molar-refractivity contribution is 7.99. The number of anilines is 1. The molecule has 0 radical (unpaired) electrons. The number of rotatable bonds is 6. The van der Waals surface area contributed by atoms with Crippen molar-refractivity contribution < 1.29 is 4.79 Å². The molecule has 1 saturated carbocycles. The first kappa shape index (κ1) is 16.9. The summed E-state index contributed by atoms with van der Waals surface area (Å²) in [5.41, 5.74) is 6.99. The molecule has 3 aromatic rings. The van der Waals surface area contributed by atoms with Crippen LogP contribution in [0.25, 0.3) is 10.8 Å². The predicted octanol–water partition coefficient (Wildman–Crippen LogP) is 3.32. The summed E-state index contributed by atoms with van der Waals surface area (Å²) < 4.78 is 1.94. The van der Waals surface area contributed by atoms with Crippen LogP contribution < -0.4 is 11.1 Å². The number of nitrogens with two attached hydrogens (primary N) is 1. The Morgan fingerprint density at radius 1 is 1.27 bits per heavy atom. The molecule has 3 N–H and O–H groups in total. The maximum atomic E-state index is 12.4. The van der Waals surface area contributed by atoms with Gasteiger partial charge in [-0.1, -0.05) is 54.2 Å². The summed E-state index contributed by atoms with van der Waals surface area (Å²) >= 11 is 1.38. The fraction of sp³-hybridized carbons (Fsp3) is 0.316. The van der Waals surface area contributed by atoms with Crippen molar-refractivity contribution in [3.05, 3.63) is 48.0 Å². The quantitative estimate of drug-likeness (QED) is 0.653. The van der Waals surface area contributed by atoms with Gasteiger partial charge in [0.25, 0.3) is 0 Å². The van der Waals surface area contributed by atoms with Crippen LogP contribution in [0.2, 0.25) is 0 Å². The number of benzene rings is 2.